The lowest BCUT2D eigenvalue weighted by Crippen LogP contribution is -2.33. The molecule has 108 valence electrons. The summed E-state index contributed by atoms with van der Waals surface area (Å²) in [5, 5.41) is 6.92. The molecule has 1 saturated carbocycles. The Bertz CT molecular complexity index is 709. The average Bonchev–Trinajstić information content (AvgIpc) is 3.33. The Labute approximate surface area is 121 Å². The van der Waals surface area contributed by atoms with Crippen molar-refractivity contribution in [1.82, 2.24) is 19.7 Å². The highest BCUT2D eigenvalue weighted by Crippen LogP contribution is 2.38. The van der Waals surface area contributed by atoms with Gasteiger partial charge in [0, 0.05) is 24.4 Å². The van der Waals surface area contributed by atoms with Gasteiger partial charge in [0.2, 0.25) is 5.91 Å². The zero-order chi connectivity index (χ0) is 14.8. The first kappa shape index (κ1) is 13.4. The molecule has 0 radical (unpaired) electrons. The van der Waals surface area contributed by atoms with E-state index in [-0.39, 0.29) is 11.5 Å². The molecule has 1 atom stereocenters. The summed E-state index contributed by atoms with van der Waals surface area (Å²) in [5.74, 6) is 0.422. The molecule has 2 aromatic heterocycles. The molecule has 0 bridgehead atoms. The highest BCUT2D eigenvalue weighted by atomic mass is 16.2. The van der Waals surface area contributed by atoms with Crippen LogP contribution in [0.4, 0.5) is 5.82 Å². The predicted octanol–water partition coefficient (Wildman–Crippen LogP) is 1.11. The summed E-state index contributed by atoms with van der Waals surface area (Å²) in [6, 6.07) is 2.49. The van der Waals surface area contributed by atoms with E-state index in [4.69, 9.17) is 0 Å². The highest BCUT2D eigenvalue weighted by molar-refractivity contribution is 5.92. The number of amides is 1. The van der Waals surface area contributed by atoms with Crippen LogP contribution >= 0.6 is 0 Å². The Morgan fingerprint density at radius 3 is 2.86 bits per heavy atom. The molecule has 2 aromatic rings. The maximum Gasteiger partial charge on any atom is 0.267 e. The molecule has 2 heterocycles. The minimum atomic E-state index is -0.710. The number of rotatable bonds is 4. The molecule has 1 fully saturated rings. The van der Waals surface area contributed by atoms with Crippen LogP contribution in [0.1, 0.15) is 37.4 Å². The standard InChI is InChI=1S/C14H15N5O2/c1-9(14(21)17-12-8-15-6-7-16-12)19-13(20)5-4-11(18-19)10-2-3-10/h4-10H,2-3H2,1H3,(H,16,17,21). The topological polar surface area (TPSA) is 89.8 Å². The van der Waals surface area contributed by atoms with E-state index in [0.717, 1.165) is 18.5 Å². The lowest BCUT2D eigenvalue weighted by atomic mass is 10.2. The molecule has 0 spiro atoms. The largest absolute Gasteiger partial charge is 0.308 e. The van der Waals surface area contributed by atoms with Crippen LogP contribution in [0.5, 0.6) is 0 Å². The first-order chi connectivity index (χ1) is 10.1. The van der Waals surface area contributed by atoms with Crippen molar-refractivity contribution in [2.75, 3.05) is 5.32 Å². The average molecular weight is 285 g/mol. The molecular formula is C14H15N5O2. The number of anilines is 1. The van der Waals surface area contributed by atoms with Crippen LogP contribution in [-0.2, 0) is 4.79 Å². The zero-order valence-corrected chi connectivity index (χ0v) is 11.6. The summed E-state index contributed by atoms with van der Waals surface area (Å²) in [7, 11) is 0. The number of carbonyl (C=O) groups excluding carboxylic acids is 1. The van der Waals surface area contributed by atoms with Crippen LogP contribution in [0, 0.1) is 0 Å². The third-order valence-corrected chi connectivity index (χ3v) is 3.40. The van der Waals surface area contributed by atoms with Crippen LogP contribution in [0.2, 0.25) is 0 Å². The Kier molecular flexibility index (Phi) is 3.47. The fourth-order valence-electron chi connectivity index (χ4n) is 2.02. The number of nitrogens with one attached hydrogen (secondary N) is 1. The van der Waals surface area contributed by atoms with Gasteiger partial charge in [-0.2, -0.15) is 5.10 Å². The molecule has 0 aliphatic heterocycles. The van der Waals surface area contributed by atoms with Gasteiger partial charge in [0.15, 0.2) is 5.82 Å². The minimum Gasteiger partial charge on any atom is -0.308 e. The van der Waals surface area contributed by atoms with E-state index >= 15 is 0 Å². The second kappa shape index (κ2) is 5.43. The first-order valence-electron chi connectivity index (χ1n) is 6.82. The van der Waals surface area contributed by atoms with E-state index in [0.29, 0.717) is 11.7 Å². The zero-order valence-electron chi connectivity index (χ0n) is 11.6. The minimum absolute atomic E-state index is 0.291. The molecule has 7 nitrogen and oxygen atoms in total. The van der Waals surface area contributed by atoms with Crippen molar-refractivity contribution in [3.8, 4) is 0 Å². The molecule has 1 N–H and O–H groups in total. The van der Waals surface area contributed by atoms with Crippen LogP contribution in [0.3, 0.4) is 0 Å². The van der Waals surface area contributed by atoms with Crippen molar-refractivity contribution in [2.45, 2.75) is 31.7 Å². The van der Waals surface area contributed by atoms with E-state index in [1.165, 1.54) is 29.3 Å². The SMILES string of the molecule is CC(C(=O)Nc1cnccn1)n1nc(C2CC2)ccc1=O. The predicted molar refractivity (Wildman–Crippen MR) is 75.8 cm³/mol. The first-order valence-corrected chi connectivity index (χ1v) is 6.82. The van der Waals surface area contributed by atoms with Gasteiger partial charge in [-0.25, -0.2) is 9.67 Å². The molecule has 1 unspecified atom stereocenters. The van der Waals surface area contributed by atoms with Gasteiger partial charge in [0.05, 0.1) is 11.9 Å². The van der Waals surface area contributed by atoms with Crippen molar-refractivity contribution in [3.63, 3.8) is 0 Å². The fraction of sp³-hybridized carbons (Fsp3) is 0.357. The molecule has 1 aliphatic rings. The normalized spacial score (nSPS) is 15.5. The summed E-state index contributed by atoms with van der Waals surface area (Å²) < 4.78 is 1.22. The lowest BCUT2D eigenvalue weighted by molar-refractivity contribution is -0.119. The van der Waals surface area contributed by atoms with E-state index in [1.54, 1.807) is 13.0 Å². The van der Waals surface area contributed by atoms with Crippen molar-refractivity contribution >= 4 is 11.7 Å². The maximum atomic E-state index is 12.2. The van der Waals surface area contributed by atoms with E-state index in [9.17, 15) is 9.59 Å². The number of nitrogens with zero attached hydrogens (tertiary/aromatic N) is 4. The van der Waals surface area contributed by atoms with Gasteiger partial charge in [0.1, 0.15) is 6.04 Å². The number of hydrogen-bond donors (Lipinski definition) is 1. The molecule has 0 aromatic carbocycles. The van der Waals surface area contributed by atoms with Gasteiger partial charge in [0.25, 0.3) is 5.56 Å². The Hall–Kier alpha value is -2.57. The van der Waals surface area contributed by atoms with Crippen LogP contribution < -0.4 is 10.9 Å². The van der Waals surface area contributed by atoms with Crippen LogP contribution in [0.25, 0.3) is 0 Å². The van der Waals surface area contributed by atoms with Crippen molar-refractivity contribution < 1.29 is 4.79 Å². The smallest absolute Gasteiger partial charge is 0.267 e. The van der Waals surface area contributed by atoms with Gasteiger partial charge in [-0.15, -0.1) is 0 Å². The van der Waals surface area contributed by atoms with Gasteiger partial charge in [-0.1, -0.05) is 0 Å². The summed E-state index contributed by atoms with van der Waals surface area (Å²) in [4.78, 5) is 31.9. The highest BCUT2D eigenvalue weighted by Gasteiger charge is 2.27. The second-order valence-corrected chi connectivity index (χ2v) is 5.07. The third kappa shape index (κ3) is 2.96. The summed E-state index contributed by atoms with van der Waals surface area (Å²) in [5.41, 5.74) is 0.579. The number of hydrogen-bond acceptors (Lipinski definition) is 5. The molecule has 21 heavy (non-hydrogen) atoms. The Balaban J connectivity index is 1.81. The van der Waals surface area contributed by atoms with Crippen molar-refractivity contribution in [1.29, 1.82) is 0 Å². The van der Waals surface area contributed by atoms with Gasteiger partial charge in [-0.05, 0) is 25.8 Å². The van der Waals surface area contributed by atoms with Crippen LogP contribution in [0.15, 0.2) is 35.5 Å². The van der Waals surface area contributed by atoms with E-state index in [1.807, 2.05) is 0 Å². The molecule has 7 heteroatoms. The quantitative estimate of drug-likeness (QED) is 0.908. The monoisotopic (exact) mass is 285 g/mol. The molecule has 1 aliphatic carbocycles. The van der Waals surface area contributed by atoms with Gasteiger partial charge >= 0.3 is 0 Å². The Morgan fingerprint density at radius 1 is 1.38 bits per heavy atom. The van der Waals surface area contributed by atoms with E-state index in [2.05, 4.69) is 20.4 Å². The van der Waals surface area contributed by atoms with Crippen LogP contribution in [-0.4, -0.2) is 25.7 Å². The molecule has 3 rings (SSSR count). The molecule has 1 amide bonds. The summed E-state index contributed by atoms with van der Waals surface area (Å²) in [6.45, 7) is 1.64. The number of carbonyl (C=O) groups is 1. The fourth-order valence-corrected chi connectivity index (χ4v) is 2.02. The second-order valence-electron chi connectivity index (χ2n) is 5.07. The number of aromatic nitrogens is 4. The maximum absolute atomic E-state index is 12.2. The van der Waals surface area contributed by atoms with Crippen molar-refractivity contribution in [3.05, 3.63) is 46.8 Å². The van der Waals surface area contributed by atoms with E-state index < -0.39 is 6.04 Å². The molecule has 0 saturated heterocycles. The molecular weight excluding hydrogens is 270 g/mol. The summed E-state index contributed by atoms with van der Waals surface area (Å²) in [6.07, 6.45) is 6.63. The lowest BCUT2D eigenvalue weighted by Gasteiger charge is -2.14. The summed E-state index contributed by atoms with van der Waals surface area (Å²) >= 11 is 0. The Morgan fingerprint density at radius 2 is 2.19 bits per heavy atom. The van der Waals surface area contributed by atoms with Crippen molar-refractivity contribution in [2.24, 2.45) is 0 Å². The van der Waals surface area contributed by atoms with Gasteiger partial charge in [-0.3, -0.25) is 14.6 Å². The van der Waals surface area contributed by atoms with Gasteiger partial charge < -0.3 is 5.32 Å². The third-order valence-electron chi connectivity index (χ3n) is 3.40.